The second-order valence-electron chi connectivity index (χ2n) is 7.25. The molecular formula is C21H23N3O2S. The van der Waals surface area contributed by atoms with E-state index in [2.05, 4.69) is 5.32 Å². The van der Waals surface area contributed by atoms with E-state index < -0.39 is 0 Å². The number of fused-ring (bicyclic) bond motifs is 2. The van der Waals surface area contributed by atoms with E-state index in [0.29, 0.717) is 6.54 Å². The molecule has 6 heteroatoms. The van der Waals surface area contributed by atoms with Crippen molar-refractivity contribution in [3.63, 3.8) is 0 Å². The lowest BCUT2D eigenvalue weighted by atomic mass is 10.0. The molecule has 1 N–H and O–H groups in total. The second kappa shape index (κ2) is 7.27. The minimum Gasteiger partial charge on any atom is -0.350 e. The Bertz CT molecular complexity index is 918. The first-order chi connectivity index (χ1) is 13.0. The number of hydrogen-bond donors (Lipinski definition) is 1. The van der Waals surface area contributed by atoms with Crippen molar-refractivity contribution in [3.8, 4) is 0 Å². The second-order valence-corrected chi connectivity index (χ2v) is 8.29. The largest absolute Gasteiger partial charge is 0.350 e. The van der Waals surface area contributed by atoms with Crippen molar-refractivity contribution in [2.75, 3.05) is 11.4 Å². The molecule has 1 aliphatic carbocycles. The third-order valence-electron chi connectivity index (χ3n) is 5.38. The summed E-state index contributed by atoms with van der Waals surface area (Å²) < 4.78 is 0. The van der Waals surface area contributed by atoms with Gasteiger partial charge in [0.25, 0.3) is 0 Å². The molecule has 2 aromatic rings. The van der Waals surface area contributed by atoms with E-state index in [1.165, 1.54) is 0 Å². The van der Waals surface area contributed by atoms with E-state index in [4.69, 9.17) is 4.99 Å². The molecule has 140 valence electrons. The van der Waals surface area contributed by atoms with Gasteiger partial charge in [-0.1, -0.05) is 6.07 Å². The van der Waals surface area contributed by atoms with Crippen LogP contribution in [0.4, 0.5) is 11.4 Å². The predicted octanol–water partition coefficient (Wildman–Crippen LogP) is 3.90. The third-order valence-corrected chi connectivity index (χ3v) is 6.26. The van der Waals surface area contributed by atoms with Crippen molar-refractivity contribution in [3.05, 3.63) is 45.6 Å². The number of rotatable bonds is 4. The molecular weight excluding hydrogens is 358 g/mol. The zero-order valence-corrected chi connectivity index (χ0v) is 16.4. The van der Waals surface area contributed by atoms with Crippen LogP contribution in [0.5, 0.6) is 0 Å². The summed E-state index contributed by atoms with van der Waals surface area (Å²) in [5, 5.41) is 4.92. The van der Waals surface area contributed by atoms with Gasteiger partial charge in [-0.15, -0.1) is 11.3 Å². The molecule has 0 saturated heterocycles. The van der Waals surface area contributed by atoms with Crippen molar-refractivity contribution in [1.29, 1.82) is 0 Å². The van der Waals surface area contributed by atoms with Gasteiger partial charge in [0, 0.05) is 10.6 Å². The van der Waals surface area contributed by atoms with Gasteiger partial charge in [-0.3, -0.25) is 14.6 Å². The van der Waals surface area contributed by atoms with Gasteiger partial charge >= 0.3 is 0 Å². The lowest BCUT2D eigenvalue weighted by molar-refractivity contribution is -0.124. The van der Waals surface area contributed by atoms with Crippen LogP contribution in [0.25, 0.3) is 0 Å². The summed E-state index contributed by atoms with van der Waals surface area (Å²) >= 11 is 1.61. The van der Waals surface area contributed by atoms with Gasteiger partial charge in [-0.05, 0) is 67.8 Å². The summed E-state index contributed by atoms with van der Waals surface area (Å²) in [7, 11) is 0. The topological polar surface area (TPSA) is 61.8 Å². The van der Waals surface area contributed by atoms with Gasteiger partial charge in [0.05, 0.1) is 23.8 Å². The standard InChI is InChI=1S/C21H23N3O2S/c1-13-9-18-19(10-14(13)2)24(21(26)16-6-3-7-17(16)23-18)12-20(25)22-11-15-5-4-8-27-15/h4-5,8-10,16H,3,6-7,11-12H2,1-2H3,(H,22,25)/t16-/m1/s1. The average Bonchev–Trinajstić information content (AvgIpc) is 3.30. The number of nitrogens with zero attached hydrogens (tertiary/aromatic N) is 2. The van der Waals surface area contributed by atoms with Crippen LogP contribution in [0.3, 0.4) is 0 Å². The lowest BCUT2D eigenvalue weighted by Crippen LogP contribution is -2.43. The van der Waals surface area contributed by atoms with Gasteiger partial charge in [0.1, 0.15) is 6.54 Å². The Balaban J connectivity index is 1.62. The summed E-state index contributed by atoms with van der Waals surface area (Å²) in [4.78, 5) is 33.4. The molecule has 0 spiro atoms. The van der Waals surface area contributed by atoms with Crippen LogP contribution in [0.2, 0.25) is 0 Å². The number of aryl methyl sites for hydroxylation is 2. The summed E-state index contributed by atoms with van der Waals surface area (Å²) in [6.45, 7) is 4.59. The zero-order chi connectivity index (χ0) is 19.0. The number of nitrogens with one attached hydrogen (secondary N) is 1. The number of amides is 2. The van der Waals surface area contributed by atoms with E-state index in [1.807, 2.05) is 43.5 Å². The Kier molecular flexibility index (Phi) is 4.83. The van der Waals surface area contributed by atoms with Crippen molar-refractivity contribution in [2.45, 2.75) is 39.7 Å². The molecule has 2 amide bonds. The van der Waals surface area contributed by atoms with Gasteiger partial charge in [-0.25, -0.2) is 0 Å². The number of thiophene rings is 1. The lowest BCUT2D eigenvalue weighted by Gasteiger charge is -2.25. The number of hydrogen-bond acceptors (Lipinski definition) is 4. The molecule has 0 bridgehead atoms. The molecule has 0 radical (unpaired) electrons. The van der Waals surface area contributed by atoms with Gasteiger partial charge < -0.3 is 10.2 Å². The first-order valence-corrected chi connectivity index (χ1v) is 10.2. The molecule has 0 unspecified atom stereocenters. The first kappa shape index (κ1) is 17.9. The fourth-order valence-electron chi connectivity index (χ4n) is 3.74. The molecule has 1 saturated carbocycles. The van der Waals surface area contributed by atoms with Gasteiger partial charge in [0.15, 0.2) is 0 Å². The summed E-state index contributed by atoms with van der Waals surface area (Å²) in [5.41, 5.74) is 4.75. The van der Waals surface area contributed by atoms with Crippen molar-refractivity contribution >= 4 is 40.2 Å². The Morgan fingerprint density at radius 2 is 2.15 bits per heavy atom. The molecule has 4 rings (SSSR count). The maximum atomic E-state index is 13.2. The highest BCUT2D eigenvalue weighted by Gasteiger charge is 2.37. The summed E-state index contributed by atoms with van der Waals surface area (Å²) in [5.74, 6) is -0.343. The van der Waals surface area contributed by atoms with E-state index >= 15 is 0 Å². The highest BCUT2D eigenvalue weighted by molar-refractivity contribution is 7.09. The van der Waals surface area contributed by atoms with Crippen LogP contribution in [0.1, 0.15) is 35.3 Å². The number of anilines is 1. The maximum absolute atomic E-state index is 13.2. The molecule has 2 aliphatic rings. The van der Waals surface area contributed by atoms with Gasteiger partial charge in [-0.2, -0.15) is 0 Å². The van der Waals surface area contributed by atoms with Crippen molar-refractivity contribution < 1.29 is 9.59 Å². The predicted molar refractivity (Wildman–Crippen MR) is 109 cm³/mol. The Morgan fingerprint density at radius 1 is 1.33 bits per heavy atom. The minimum absolute atomic E-state index is 0.000438. The highest BCUT2D eigenvalue weighted by atomic mass is 32.1. The normalized spacial score (nSPS) is 18.6. The maximum Gasteiger partial charge on any atom is 0.240 e. The monoisotopic (exact) mass is 381 g/mol. The van der Waals surface area contributed by atoms with E-state index in [1.54, 1.807) is 16.2 Å². The zero-order valence-electron chi connectivity index (χ0n) is 15.6. The number of carbonyl (C=O) groups is 2. The Morgan fingerprint density at radius 3 is 2.93 bits per heavy atom. The number of carbonyl (C=O) groups excluding carboxylic acids is 2. The van der Waals surface area contributed by atoms with Crippen LogP contribution < -0.4 is 10.2 Å². The van der Waals surface area contributed by atoms with E-state index in [9.17, 15) is 9.59 Å². The molecule has 1 atom stereocenters. The molecule has 1 aliphatic heterocycles. The number of aliphatic imine (C=N–C) groups is 1. The fourth-order valence-corrected chi connectivity index (χ4v) is 4.39. The summed E-state index contributed by atoms with van der Waals surface area (Å²) in [6, 6.07) is 7.97. The van der Waals surface area contributed by atoms with Crippen LogP contribution in [-0.4, -0.2) is 24.1 Å². The highest BCUT2D eigenvalue weighted by Crippen LogP contribution is 2.39. The molecule has 5 nitrogen and oxygen atoms in total. The quantitative estimate of drug-likeness (QED) is 0.873. The average molecular weight is 382 g/mol. The molecule has 27 heavy (non-hydrogen) atoms. The SMILES string of the molecule is Cc1cc2c(cc1C)N(CC(=O)NCc1cccs1)C(=O)[C@@H]1CCCC1=N2. The molecule has 2 heterocycles. The van der Waals surface area contributed by atoms with Crippen molar-refractivity contribution in [1.82, 2.24) is 5.32 Å². The summed E-state index contributed by atoms with van der Waals surface area (Å²) in [6.07, 6.45) is 2.66. The third kappa shape index (κ3) is 3.54. The van der Waals surface area contributed by atoms with Crippen molar-refractivity contribution in [2.24, 2.45) is 10.9 Å². The van der Waals surface area contributed by atoms with E-state index in [0.717, 1.165) is 52.4 Å². The van der Waals surface area contributed by atoms with Crippen LogP contribution in [0, 0.1) is 19.8 Å². The minimum atomic E-state index is -0.192. The van der Waals surface area contributed by atoms with Crippen LogP contribution >= 0.6 is 11.3 Å². The Labute approximate surface area is 163 Å². The molecule has 1 fully saturated rings. The first-order valence-electron chi connectivity index (χ1n) is 9.32. The Hall–Kier alpha value is -2.47. The van der Waals surface area contributed by atoms with E-state index in [-0.39, 0.29) is 24.3 Å². The van der Waals surface area contributed by atoms with Crippen LogP contribution in [-0.2, 0) is 16.1 Å². The number of benzene rings is 1. The molecule has 1 aromatic heterocycles. The van der Waals surface area contributed by atoms with Crippen LogP contribution in [0.15, 0.2) is 34.6 Å². The fraction of sp³-hybridized carbons (Fsp3) is 0.381. The molecule has 1 aromatic carbocycles. The smallest absolute Gasteiger partial charge is 0.240 e. The van der Waals surface area contributed by atoms with Gasteiger partial charge in [0.2, 0.25) is 11.8 Å².